The van der Waals surface area contributed by atoms with Crippen LogP contribution in [0.5, 0.6) is 5.75 Å². The van der Waals surface area contributed by atoms with Crippen molar-refractivity contribution in [2.75, 3.05) is 11.5 Å². The Bertz CT molecular complexity index is 1270. The van der Waals surface area contributed by atoms with Gasteiger partial charge in [0.05, 0.1) is 12.2 Å². The number of carbonyl (C=O) groups is 3. The maximum absolute atomic E-state index is 13.1. The third kappa shape index (κ3) is 4.78. The molecule has 1 aromatic heterocycles. The molecule has 0 spiro atoms. The van der Waals surface area contributed by atoms with Crippen LogP contribution >= 0.6 is 0 Å². The fourth-order valence-corrected chi connectivity index (χ4v) is 3.90. The normalized spacial score (nSPS) is 15.1. The van der Waals surface area contributed by atoms with E-state index in [1.807, 2.05) is 67.9 Å². The van der Waals surface area contributed by atoms with E-state index in [0.29, 0.717) is 24.5 Å². The zero-order valence-corrected chi connectivity index (χ0v) is 19.5. The second-order valence-electron chi connectivity index (χ2n) is 8.22. The van der Waals surface area contributed by atoms with Crippen molar-refractivity contribution in [3.63, 3.8) is 0 Å². The van der Waals surface area contributed by atoms with Gasteiger partial charge in [-0.15, -0.1) is 0 Å². The molecule has 0 aliphatic carbocycles. The Labute approximate surface area is 198 Å². The first-order valence-electron chi connectivity index (χ1n) is 11.2. The molecule has 7 nitrogen and oxygen atoms in total. The quantitative estimate of drug-likeness (QED) is 0.421. The van der Waals surface area contributed by atoms with Crippen LogP contribution in [-0.2, 0) is 22.6 Å². The molecule has 0 saturated carbocycles. The van der Waals surface area contributed by atoms with Crippen LogP contribution in [0.25, 0.3) is 6.08 Å². The van der Waals surface area contributed by atoms with Gasteiger partial charge in [0.1, 0.15) is 17.9 Å². The smallest absolute Gasteiger partial charge is 0.335 e. The summed E-state index contributed by atoms with van der Waals surface area (Å²) in [5.74, 6) is -0.546. The minimum Gasteiger partial charge on any atom is -0.491 e. The maximum atomic E-state index is 13.1. The zero-order valence-electron chi connectivity index (χ0n) is 19.5. The van der Waals surface area contributed by atoms with Crippen molar-refractivity contribution in [1.29, 1.82) is 0 Å². The lowest BCUT2D eigenvalue weighted by atomic mass is 10.1. The van der Waals surface area contributed by atoms with Crippen molar-refractivity contribution in [1.82, 2.24) is 9.88 Å². The van der Waals surface area contributed by atoms with Crippen molar-refractivity contribution < 1.29 is 19.1 Å². The summed E-state index contributed by atoms with van der Waals surface area (Å²) in [6.07, 6.45) is 4.21. The highest BCUT2D eigenvalue weighted by atomic mass is 16.5. The molecular formula is C27H27N3O4. The lowest BCUT2D eigenvalue weighted by Crippen LogP contribution is -2.54. The van der Waals surface area contributed by atoms with Crippen molar-refractivity contribution in [2.45, 2.75) is 33.7 Å². The van der Waals surface area contributed by atoms with Crippen molar-refractivity contribution in [3.05, 3.63) is 88.8 Å². The van der Waals surface area contributed by atoms with Crippen LogP contribution in [0.4, 0.5) is 10.5 Å². The van der Waals surface area contributed by atoms with Gasteiger partial charge in [0, 0.05) is 11.9 Å². The van der Waals surface area contributed by atoms with Gasteiger partial charge in [0.2, 0.25) is 0 Å². The first kappa shape index (κ1) is 23.0. The van der Waals surface area contributed by atoms with Gasteiger partial charge < -0.3 is 9.30 Å². The van der Waals surface area contributed by atoms with Crippen molar-refractivity contribution in [3.8, 4) is 5.75 Å². The van der Waals surface area contributed by atoms with Gasteiger partial charge in [0.25, 0.3) is 11.8 Å². The number of nitrogens with zero attached hydrogens (tertiary/aromatic N) is 2. The average molecular weight is 458 g/mol. The number of carbonyl (C=O) groups excluding carboxylic acids is 3. The van der Waals surface area contributed by atoms with E-state index >= 15 is 0 Å². The monoisotopic (exact) mass is 457 g/mol. The lowest BCUT2D eigenvalue weighted by molar-refractivity contribution is -0.122. The number of ether oxygens (including phenoxy) is 1. The molecule has 1 aliphatic heterocycles. The van der Waals surface area contributed by atoms with Crippen LogP contribution < -0.4 is 15.0 Å². The predicted octanol–water partition coefficient (Wildman–Crippen LogP) is 4.41. The Morgan fingerprint density at radius 3 is 2.47 bits per heavy atom. The summed E-state index contributed by atoms with van der Waals surface area (Å²) in [6, 6.07) is 16.0. The summed E-state index contributed by atoms with van der Waals surface area (Å²) in [6.45, 7) is 7.01. The SMILES string of the molecule is CCc1ccc(N2C(=O)NC(=O)/C(=C/c3cccn3CCOc3ccc(C)cc3C)C2=O)cc1. The second-order valence-corrected chi connectivity index (χ2v) is 8.22. The fraction of sp³-hybridized carbons (Fsp3) is 0.222. The molecule has 7 heteroatoms. The maximum Gasteiger partial charge on any atom is 0.335 e. The Morgan fingerprint density at radius 2 is 1.76 bits per heavy atom. The largest absolute Gasteiger partial charge is 0.491 e. The molecule has 0 unspecified atom stereocenters. The van der Waals surface area contributed by atoms with Crippen LogP contribution in [0.2, 0.25) is 0 Å². The Morgan fingerprint density at radius 1 is 1.00 bits per heavy atom. The number of nitrogens with one attached hydrogen (secondary N) is 1. The predicted molar refractivity (Wildman–Crippen MR) is 131 cm³/mol. The van der Waals surface area contributed by atoms with Gasteiger partial charge in [-0.05, 0) is 67.8 Å². The molecule has 4 rings (SSSR count). The molecule has 3 aromatic rings. The van der Waals surface area contributed by atoms with E-state index in [2.05, 4.69) is 11.4 Å². The molecule has 0 radical (unpaired) electrons. The summed E-state index contributed by atoms with van der Waals surface area (Å²) < 4.78 is 7.82. The van der Waals surface area contributed by atoms with Crippen LogP contribution in [0, 0.1) is 13.8 Å². The summed E-state index contributed by atoms with van der Waals surface area (Å²) in [5, 5.41) is 2.27. The Balaban J connectivity index is 1.52. The summed E-state index contributed by atoms with van der Waals surface area (Å²) in [4.78, 5) is 39.1. The van der Waals surface area contributed by atoms with Gasteiger partial charge >= 0.3 is 6.03 Å². The van der Waals surface area contributed by atoms with Crippen LogP contribution in [0.3, 0.4) is 0 Å². The third-order valence-electron chi connectivity index (χ3n) is 5.78. The third-order valence-corrected chi connectivity index (χ3v) is 5.78. The van der Waals surface area contributed by atoms with Gasteiger partial charge in [-0.25, -0.2) is 9.69 Å². The van der Waals surface area contributed by atoms with E-state index in [-0.39, 0.29) is 5.57 Å². The number of amides is 4. The highest BCUT2D eigenvalue weighted by Gasteiger charge is 2.36. The van der Waals surface area contributed by atoms with Crippen molar-refractivity contribution in [2.24, 2.45) is 0 Å². The molecule has 1 N–H and O–H groups in total. The van der Waals surface area contributed by atoms with Gasteiger partial charge in [-0.1, -0.05) is 36.8 Å². The molecule has 1 fully saturated rings. The highest BCUT2D eigenvalue weighted by molar-refractivity contribution is 6.39. The number of aryl methyl sites for hydroxylation is 3. The molecule has 4 amide bonds. The number of urea groups is 1. The molecule has 34 heavy (non-hydrogen) atoms. The van der Waals surface area contributed by atoms with E-state index in [1.165, 1.54) is 11.6 Å². The Kier molecular flexibility index (Phi) is 6.63. The van der Waals surface area contributed by atoms with Crippen molar-refractivity contribution >= 4 is 29.6 Å². The minimum absolute atomic E-state index is 0.102. The molecule has 2 heterocycles. The Hall–Kier alpha value is -4.13. The first-order valence-corrected chi connectivity index (χ1v) is 11.2. The number of hydrogen-bond donors (Lipinski definition) is 1. The first-order chi connectivity index (χ1) is 16.4. The summed E-state index contributed by atoms with van der Waals surface area (Å²) in [5.41, 5.74) is 4.30. The van der Waals surface area contributed by atoms with Crippen LogP contribution in [0.1, 0.15) is 29.3 Å². The van der Waals surface area contributed by atoms with E-state index in [0.717, 1.165) is 28.2 Å². The number of anilines is 1. The van der Waals surface area contributed by atoms with Gasteiger partial charge in [-0.3, -0.25) is 14.9 Å². The van der Waals surface area contributed by atoms with E-state index in [4.69, 9.17) is 4.74 Å². The molecule has 174 valence electrons. The van der Waals surface area contributed by atoms with Crippen LogP contribution in [-0.4, -0.2) is 29.0 Å². The van der Waals surface area contributed by atoms with Gasteiger partial charge in [-0.2, -0.15) is 0 Å². The molecule has 0 bridgehead atoms. The number of rotatable bonds is 7. The van der Waals surface area contributed by atoms with Crippen LogP contribution in [0.15, 0.2) is 66.4 Å². The zero-order chi connectivity index (χ0) is 24.2. The number of barbiturate groups is 1. The van der Waals surface area contributed by atoms with E-state index in [9.17, 15) is 14.4 Å². The topological polar surface area (TPSA) is 80.6 Å². The lowest BCUT2D eigenvalue weighted by Gasteiger charge is -2.26. The molecule has 0 atom stereocenters. The minimum atomic E-state index is -0.756. The van der Waals surface area contributed by atoms with E-state index < -0.39 is 17.8 Å². The number of imide groups is 2. The second kappa shape index (κ2) is 9.79. The average Bonchev–Trinajstić information content (AvgIpc) is 3.25. The number of hydrogen-bond acceptors (Lipinski definition) is 4. The number of aromatic nitrogens is 1. The molecular weight excluding hydrogens is 430 g/mol. The summed E-state index contributed by atoms with van der Waals surface area (Å²) in [7, 11) is 0. The molecule has 1 saturated heterocycles. The van der Waals surface area contributed by atoms with E-state index in [1.54, 1.807) is 12.1 Å². The number of benzene rings is 2. The fourth-order valence-electron chi connectivity index (χ4n) is 3.90. The molecule has 2 aromatic carbocycles. The molecule has 1 aliphatic rings. The highest BCUT2D eigenvalue weighted by Crippen LogP contribution is 2.23. The summed E-state index contributed by atoms with van der Waals surface area (Å²) >= 11 is 0. The standard InChI is InChI=1S/C27H27N3O4/c1-4-20-8-10-21(11-9-20)30-26(32)23(25(31)28-27(30)33)17-22-6-5-13-29(22)14-15-34-24-12-7-18(2)16-19(24)3/h5-13,16-17H,4,14-15H2,1-3H3,(H,28,31,33)/b23-17-. The van der Waals surface area contributed by atoms with Gasteiger partial charge in [0.15, 0.2) is 0 Å².